The van der Waals surface area contributed by atoms with Gasteiger partial charge in [-0.25, -0.2) is 0 Å². The summed E-state index contributed by atoms with van der Waals surface area (Å²) in [6.45, 7) is 4.25. The van der Waals surface area contributed by atoms with Gasteiger partial charge in [-0.2, -0.15) is 0 Å². The van der Waals surface area contributed by atoms with Crippen LogP contribution in [-0.2, 0) is 6.42 Å². The monoisotopic (exact) mass is 336 g/mol. The Kier molecular flexibility index (Phi) is 4.58. The minimum absolute atomic E-state index is 1.05. The van der Waals surface area contributed by atoms with E-state index in [-0.39, 0.29) is 0 Å². The van der Waals surface area contributed by atoms with Gasteiger partial charge in [-0.15, -0.1) is 0 Å². The fourth-order valence-electron chi connectivity index (χ4n) is 3.87. The molecule has 0 atom stereocenters. The number of fused-ring (bicyclic) bond motifs is 4. The molecule has 0 heteroatoms. The van der Waals surface area contributed by atoms with E-state index in [0.717, 1.165) is 6.42 Å². The molecule has 0 bridgehead atoms. The van der Waals surface area contributed by atoms with E-state index in [9.17, 15) is 0 Å². The molecular weight excluding hydrogens is 312 g/mol. The molecular formula is C26H24. The summed E-state index contributed by atoms with van der Waals surface area (Å²) >= 11 is 0. The van der Waals surface area contributed by atoms with E-state index >= 15 is 0 Å². The number of hydrogen-bond donors (Lipinski definition) is 0. The van der Waals surface area contributed by atoms with Gasteiger partial charge < -0.3 is 0 Å². The van der Waals surface area contributed by atoms with Crippen LogP contribution in [0.4, 0.5) is 0 Å². The Morgan fingerprint density at radius 2 is 1.15 bits per heavy atom. The molecule has 0 radical (unpaired) electrons. The van der Waals surface area contributed by atoms with E-state index < -0.39 is 0 Å². The third-order valence-electron chi connectivity index (χ3n) is 4.90. The minimum Gasteiger partial charge on any atom is -0.0656 e. The van der Waals surface area contributed by atoms with Gasteiger partial charge in [-0.05, 0) is 50.6 Å². The first-order valence-corrected chi connectivity index (χ1v) is 9.51. The van der Waals surface area contributed by atoms with Crippen LogP contribution in [0.1, 0.15) is 31.4 Å². The Morgan fingerprint density at radius 3 is 2.04 bits per heavy atom. The van der Waals surface area contributed by atoms with Gasteiger partial charge in [0.15, 0.2) is 0 Å². The van der Waals surface area contributed by atoms with Crippen molar-refractivity contribution in [3.63, 3.8) is 0 Å². The maximum Gasteiger partial charge on any atom is -0.00132 e. The summed E-state index contributed by atoms with van der Waals surface area (Å²) in [5.74, 6) is 0. The van der Waals surface area contributed by atoms with Gasteiger partial charge in [-0.1, -0.05) is 105 Å². The maximum atomic E-state index is 2.27. The molecule has 0 nitrogen and oxygen atoms in total. The van der Waals surface area contributed by atoms with Gasteiger partial charge in [0.1, 0.15) is 0 Å². The van der Waals surface area contributed by atoms with Crippen LogP contribution in [-0.4, -0.2) is 0 Å². The second kappa shape index (κ2) is 7.17. The highest BCUT2D eigenvalue weighted by molar-refractivity contribution is 6.02. The van der Waals surface area contributed by atoms with Gasteiger partial charge >= 0.3 is 0 Å². The third-order valence-corrected chi connectivity index (χ3v) is 4.90. The molecule has 0 spiro atoms. The van der Waals surface area contributed by atoms with Crippen molar-refractivity contribution in [3.8, 4) is 22.3 Å². The van der Waals surface area contributed by atoms with E-state index in [0.29, 0.717) is 0 Å². The van der Waals surface area contributed by atoms with Crippen molar-refractivity contribution in [2.45, 2.75) is 26.7 Å². The zero-order valence-corrected chi connectivity index (χ0v) is 15.5. The first kappa shape index (κ1) is 16.6. The molecule has 4 aromatic carbocycles. The van der Waals surface area contributed by atoms with E-state index in [1.54, 1.807) is 0 Å². The molecule has 5 rings (SSSR count). The molecule has 0 aliphatic heterocycles. The normalized spacial score (nSPS) is 11.5. The molecule has 0 fully saturated rings. The first-order valence-electron chi connectivity index (χ1n) is 9.51. The molecule has 0 amide bonds. The Balaban J connectivity index is 0.000000527. The summed E-state index contributed by atoms with van der Waals surface area (Å²) in [6, 6.07) is 30.8. The Hall–Kier alpha value is -2.86. The molecule has 0 unspecified atom stereocenters. The highest BCUT2D eigenvalue weighted by Gasteiger charge is 2.21. The molecule has 0 heterocycles. The molecule has 0 saturated carbocycles. The lowest BCUT2D eigenvalue weighted by molar-refractivity contribution is 1.09. The largest absolute Gasteiger partial charge is 0.0656 e. The second-order valence-corrected chi connectivity index (χ2v) is 6.91. The number of hydrogen-bond acceptors (Lipinski definition) is 0. The van der Waals surface area contributed by atoms with Crippen molar-refractivity contribution in [3.05, 3.63) is 96.1 Å². The van der Waals surface area contributed by atoms with Crippen molar-refractivity contribution in [1.82, 2.24) is 0 Å². The van der Waals surface area contributed by atoms with Crippen molar-refractivity contribution >= 4 is 10.8 Å². The summed E-state index contributed by atoms with van der Waals surface area (Å²) < 4.78 is 0. The van der Waals surface area contributed by atoms with Gasteiger partial charge in [0.05, 0.1) is 0 Å². The highest BCUT2D eigenvalue weighted by atomic mass is 14.2. The van der Waals surface area contributed by atoms with Gasteiger partial charge in [0.25, 0.3) is 0 Å². The Morgan fingerprint density at radius 1 is 0.577 bits per heavy atom. The standard InChI is InChI=1S/C23H16.C3H8/c1-3-11-19-16(7-1)9-5-13-21(19)22-14-6-10-18-15-17-8-2-4-12-20(17)23(18)22;1-3-2/h1-14H,15H2;3H2,1-2H3. The molecule has 1 aliphatic carbocycles. The maximum absolute atomic E-state index is 2.27. The predicted molar refractivity (Wildman–Crippen MR) is 114 cm³/mol. The van der Waals surface area contributed by atoms with Crippen LogP contribution in [0.25, 0.3) is 33.0 Å². The van der Waals surface area contributed by atoms with Crippen LogP contribution >= 0.6 is 0 Å². The zero-order chi connectivity index (χ0) is 17.9. The Bertz CT molecular complexity index is 1050. The van der Waals surface area contributed by atoms with Crippen LogP contribution in [0.2, 0.25) is 0 Å². The van der Waals surface area contributed by atoms with Crippen molar-refractivity contribution < 1.29 is 0 Å². The first-order chi connectivity index (χ1) is 12.8. The minimum atomic E-state index is 1.05. The van der Waals surface area contributed by atoms with Crippen molar-refractivity contribution in [2.24, 2.45) is 0 Å². The van der Waals surface area contributed by atoms with E-state index in [4.69, 9.17) is 0 Å². The lowest BCUT2D eigenvalue weighted by atomic mass is 9.91. The summed E-state index contributed by atoms with van der Waals surface area (Å²) in [4.78, 5) is 0. The number of rotatable bonds is 1. The fraction of sp³-hybridized carbons (Fsp3) is 0.154. The predicted octanol–water partition coefficient (Wildman–Crippen LogP) is 7.49. The third kappa shape index (κ3) is 2.82. The summed E-state index contributed by atoms with van der Waals surface area (Å²) in [7, 11) is 0. The zero-order valence-electron chi connectivity index (χ0n) is 15.5. The molecule has 1 aliphatic rings. The SMILES string of the molecule is CCC.c1ccc2c(c1)Cc1cccc(-c3cccc4ccccc34)c1-2. The molecule has 0 aromatic heterocycles. The van der Waals surface area contributed by atoms with Crippen LogP contribution in [0.3, 0.4) is 0 Å². The van der Waals surface area contributed by atoms with Crippen molar-refractivity contribution in [1.29, 1.82) is 0 Å². The lowest BCUT2D eigenvalue weighted by Gasteiger charge is -2.12. The quantitative estimate of drug-likeness (QED) is 0.297. The summed E-state index contributed by atoms with van der Waals surface area (Å²) in [6.07, 6.45) is 2.30. The van der Waals surface area contributed by atoms with Gasteiger partial charge in [-0.3, -0.25) is 0 Å². The van der Waals surface area contributed by atoms with Gasteiger partial charge in [0.2, 0.25) is 0 Å². The van der Waals surface area contributed by atoms with Gasteiger partial charge in [0, 0.05) is 0 Å². The number of benzene rings is 4. The van der Waals surface area contributed by atoms with Crippen molar-refractivity contribution in [2.75, 3.05) is 0 Å². The topological polar surface area (TPSA) is 0 Å². The molecule has 4 aromatic rings. The average Bonchev–Trinajstić information content (AvgIpc) is 3.07. The second-order valence-electron chi connectivity index (χ2n) is 6.91. The molecule has 128 valence electrons. The van der Waals surface area contributed by atoms with Crippen LogP contribution < -0.4 is 0 Å². The summed E-state index contributed by atoms with van der Waals surface area (Å²) in [5, 5.41) is 2.63. The van der Waals surface area contributed by atoms with E-state index in [1.807, 2.05) is 0 Å². The smallest absolute Gasteiger partial charge is 0.00132 e. The molecule has 0 N–H and O–H groups in total. The van der Waals surface area contributed by atoms with Crippen LogP contribution in [0.15, 0.2) is 84.9 Å². The van der Waals surface area contributed by atoms with Crippen LogP contribution in [0.5, 0.6) is 0 Å². The molecule has 0 saturated heterocycles. The lowest BCUT2D eigenvalue weighted by Crippen LogP contribution is -1.87. The highest BCUT2D eigenvalue weighted by Crippen LogP contribution is 2.44. The van der Waals surface area contributed by atoms with Crippen LogP contribution in [0, 0.1) is 0 Å². The summed E-state index contributed by atoms with van der Waals surface area (Å²) in [5.41, 5.74) is 8.37. The fourth-order valence-corrected chi connectivity index (χ4v) is 3.87. The van der Waals surface area contributed by atoms with E-state index in [2.05, 4.69) is 98.8 Å². The molecule has 26 heavy (non-hydrogen) atoms. The van der Waals surface area contributed by atoms with E-state index in [1.165, 1.54) is 50.6 Å². The average molecular weight is 336 g/mol. The Labute approximate surface area is 156 Å².